The average Bonchev–Trinajstić information content (AvgIpc) is 3.38. The Bertz CT molecular complexity index is 2020. The number of nitrogens with zero attached hydrogens (tertiary/aromatic N) is 1. The predicted octanol–water partition coefficient (Wildman–Crippen LogP) is 7.30. The molecule has 1 aliphatic heterocycles. The molecule has 5 aromatic carbocycles. The molecule has 46 heavy (non-hydrogen) atoms. The van der Waals surface area contributed by atoms with Crippen molar-refractivity contribution in [1.29, 1.82) is 0 Å². The van der Waals surface area contributed by atoms with Gasteiger partial charge in [-0.05, 0) is 51.6 Å². The van der Waals surface area contributed by atoms with Gasteiger partial charge in [0.2, 0.25) is 11.8 Å². The first-order valence-corrected chi connectivity index (χ1v) is 15.9. The van der Waals surface area contributed by atoms with E-state index in [1.807, 2.05) is 91.0 Å². The summed E-state index contributed by atoms with van der Waals surface area (Å²) in [4.78, 5) is 55.6. The van der Waals surface area contributed by atoms with Gasteiger partial charge in [-0.1, -0.05) is 125 Å². The number of carbonyl (C=O) groups is 4. The Balaban J connectivity index is 1.03. The zero-order chi connectivity index (χ0) is 31.6. The van der Waals surface area contributed by atoms with Gasteiger partial charge in [0.25, 0.3) is 0 Å². The van der Waals surface area contributed by atoms with E-state index in [2.05, 4.69) is 15.9 Å². The molecule has 224 valence electrons. The van der Waals surface area contributed by atoms with Crippen molar-refractivity contribution in [2.45, 2.75) is 10.2 Å². The Morgan fingerprint density at radius 3 is 1.96 bits per heavy atom. The van der Waals surface area contributed by atoms with Crippen LogP contribution in [-0.4, -0.2) is 30.2 Å². The quantitative estimate of drug-likeness (QED) is 0.0822. The first-order chi connectivity index (χ1) is 22.4. The number of hydrogen-bond donors (Lipinski definition) is 0. The molecule has 0 saturated carbocycles. The van der Waals surface area contributed by atoms with Crippen molar-refractivity contribution < 1.29 is 23.9 Å². The van der Waals surface area contributed by atoms with Crippen molar-refractivity contribution in [2.75, 3.05) is 11.5 Å². The lowest BCUT2D eigenvalue weighted by Gasteiger charge is -2.51. The molecular formula is C39H26BrNO5. The first kappa shape index (κ1) is 28.3. The van der Waals surface area contributed by atoms with Gasteiger partial charge >= 0.3 is 5.97 Å². The highest BCUT2D eigenvalue weighted by Crippen LogP contribution is 2.66. The molecule has 1 fully saturated rings. The molecule has 0 N–H and O–H groups in total. The van der Waals surface area contributed by atoms with E-state index < -0.39 is 28.7 Å². The molecule has 7 heteroatoms. The number of halogens is 1. The third-order valence-electron chi connectivity index (χ3n) is 9.50. The summed E-state index contributed by atoms with van der Waals surface area (Å²) >= 11 is 4.01. The molecule has 2 bridgehead atoms. The number of Topliss-reactive ketones (excluding diaryl/α,β-unsaturated/α-hetero) is 1. The summed E-state index contributed by atoms with van der Waals surface area (Å²) in [5.74, 6) is -3.19. The molecule has 5 aromatic rings. The molecule has 0 radical (unpaired) electrons. The second kappa shape index (κ2) is 10.7. The topological polar surface area (TPSA) is 80.8 Å². The fourth-order valence-corrected chi connectivity index (χ4v) is 8.69. The summed E-state index contributed by atoms with van der Waals surface area (Å²) in [5.41, 5.74) is 6.96. The van der Waals surface area contributed by atoms with Gasteiger partial charge in [0.05, 0.1) is 27.4 Å². The summed E-state index contributed by atoms with van der Waals surface area (Å²) in [5, 5.41) is 0. The van der Waals surface area contributed by atoms with Crippen molar-refractivity contribution in [2.24, 2.45) is 11.8 Å². The van der Waals surface area contributed by atoms with Gasteiger partial charge in [0.15, 0.2) is 12.4 Å². The normalized spacial score (nSPS) is 22.2. The second-order valence-corrected chi connectivity index (χ2v) is 13.1. The molecule has 1 heterocycles. The number of amides is 2. The molecule has 3 aliphatic carbocycles. The van der Waals surface area contributed by atoms with Crippen molar-refractivity contribution in [3.05, 3.63) is 161 Å². The summed E-state index contributed by atoms with van der Waals surface area (Å²) in [6, 6.07) is 39.2. The van der Waals surface area contributed by atoms with Crippen LogP contribution in [0.15, 0.2) is 127 Å². The summed E-state index contributed by atoms with van der Waals surface area (Å²) < 4.78 is 4.52. The lowest BCUT2D eigenvalue weighted by atomic mass is 9.55. The summed E-state index contributed by atoms with van der Waals surface area (Å²) in [6.07, 6.45) is 0. The SMILES string of the molecule is O=C(COC(=O)c1cccc(N2C(=O)C3C4c5ccccc5C(Br)(c5ccccc54)C3C2=O)c1)c1ccc(-c2ccccc2)cc1. The number of ketones is 1. The van der Waals surface area contributed by atoms with Gasteiger partial charge in [0, 0.05) is 11.5 Å². The van der Waals surface area contributed by atoms with Crippen LogP contribution in [0.25, 0.3) is 11.1 Å². The molecule has 0 spiro atoms. The van der Waals surface area contributed by atoms with Crippen molar-refractivity contribution in [1.82, 2.24) is 0 Å². The monoisotopic (exact) mass is 667 g/mol. The Kier molecular flexibility index (Phi) is 6.62. The molecule has 2 amide bonds. The third kappa shape index (κ3) is 4.15. The number of ether oxygens (including phenoxy) is 1. The number of imide groups is 1. The van der Waals surface area contributed by atoms with E-state index >= 15 is 0 Å². The highest BCUT2D eigenvalue weighted by Gasteiger charge is 2.67. The fraction of sp³-hybridized carbons (Fsp3) is 0.128. The van der Waals surface area contributed by atoms with E-state index in [0.717, 1.165) is 33.4 Å². The minimum absolute atomic E-state index is 0.142. The molecule has 0 aromatic heterocycles. The Hall–Kier alpha value is -5.14. The number of alkyl halides is 1. The highest BCUT2D eigenvalue weighted by molar-refractivity contribution is 9.09. The van der Waals surface area contributed by atoms with Gasteiger partial charge in [-0.2, -0.15) is 0 Å². The van der Waals surface area contributed by atoms with E-state index in [-0.39, 0.29) is 29.1 Å². The molecule has 1 saturated heterocycles. The molecule has 2 unspecified atom stereocenters. The smallest absolute Gasteiger partial charge is 0.338 e. The van der Waals surface area contributed by atoms with E-state index in [1.165, 1.54) is 11.0 Å². The first-order valence-electron chi connectivity index (χ1n) is 15.1. The predicted molar refractivity (Wildman–Crippen MR) is 177 cm³/mol. The Labute approximate surface area is 273 Å². The van der Waals surface area contributed by atoms with Gasteiger partial charge in [0.1, 0.15) is 0 Å². The van der Waals surface area contributed by atoms with Crippen LogP contribution in [-0.2, 0) is 18.7 Å². The number of carbonyl (C=O) groups excluding carboxylic acids is 4. The van der Waals surface area contributed by atoms with Gasteiger partial charge in [-0.15, -0.1) is 0 Å². The Morgan fingerprint density at radius 1 is 0.674 bits per heavy atom. The van der Waals surface area contributed by atoms with Crippen LogP contribution in [0, 0.1) is 11.8 Å². The van der Waals surface area contributed by atoms with Crippen LogP contribution in [0.1, 0.15) is 48.9 Å². The van der Waals surface area contributed by atoms with Gasteiger partial charge in [-0.3, -0.25) is 14.4 Å². The lowest BCUT2D eigenvalue weighted by Crippen LogP contribution is -2.50. The minimum atomic E-state index is -0.864. The number of rotatable bonds is 6. The van der Waals surface area contributed by atoms with Gasteiger partial charge in [-0.25, -0.2) is 9.69 Å². The van der Waals surface area contributed by atoms with Crippen LogP contribution in [0.2, 0.25) is 0 Å². The maximum Gasteiger partial charge on any atom is 0.338 e. The molecule has 2 atom stereocenters. The maximum absolute atomic E-state index is 14.2. The summed E-state index contributed by atoms with van der Waals surface area (Å²) in [6.45, 7) is -0.441. The van der Waals surface area contributed by atoms with Gasteiger partial charge < -0.3 is 4.74 Å². The van der Waals surface area contributed by atoms with Crippen LogP contribution in [0.4, 0.5) is 5.69 Å². The molecule has 9 rings (SSSR count). The highest BCUT2D eigenvalue weighted by atomic mass is 79.9. The molecular weight excluding hydrogens is 642 g/mol. The van der Waals surface area contributed by atoms with E-state index in [4.69, 9.17) is 4.74 Å². The minimum Gasteiger partial charge on any atom is -0.454 e. The number of benzene rings is 5. The molecule has 4 aliphatic rings. The summed E-state index contributed by atoms with van der Waals surface area (Å²) in [7, 11) is 0. The van der Waals surface area contributed by atoms with E-state index in [0.29, 0.717) is 11.3 Å². The van der Waals surface area contributed by atoms with Crippen LogP contribution in [0.3, 0.4) is 0 Å². The van der Waals surface area contributed by atoms with Crippen molar-refractivity contribution in [3.63, 3.8) is 0 Å². The second-order valence-electron chi connectivity index (χ2n) is 11.9. The van der Waals surface area contributed by atoms with E-state index in [1.54, 1.807) is 30.3 Å². The number of anilines is 1. The average molecular weight is 669 g/mol. The molecule has 6 nitrogen and oxygen atoms in total. The fourth-order valence-electron chi connectivity index (χ4n) is 7.48. The maximum atomic E-state index is 14.2. The number of hydrogen-bond acceptors (Lipinski definition) is 5. The van der Waals surface area contributed by atoms with Crippen molar-refractivity contribution >= 4 is 45.2 Å². The van der Waals surface area contributed by atoms with Crippen LogP contribution < -0.4 is 4.90 Å². The zero-order valence-electron chi connectivity index (χ0n) is 24.4. The van der Waals surface area contributed by atoms with Crippen molar-refractivity contribution in [3.8, 4) is 11.1 Å². The largest absolute Gasteiger partial charge is 0.454 e. The van der Waals surface area contributed by atoms with Crippen LogP contribution >= 0.6 is 15.9 Å². The lowest BCUT2D eigenvalue weighted by molar-refractivity contribution is -0.122. The number of esters is 1. The third-order valence-corrected chi connectivity index (χ3v) is 10.9. The zero-order valence-corrected chi connectivity index (χ0v) is 26.0. The standard InChI is InChI=1S/C39H26BrNO5/c40-39-30-15-6-4-13-28(30)33(29-14-5-7-16-31(29)39)34-35(39)37(44)41(36(34)43)27-12-8-11-26(21-27)38(45)46-22-32(42)25-19-17-24(18-20-25)23-9-2-1-3-10-23/h1-21,33-35H,22H2. The van der Waals surface area contributed by atoms with Crippen LogP contribution in [0.5, 0.6) is 0 Å². The Morgan fingerprint density at radius 2 is 1.28 bits per heavy atom. The van der Waals surface area contributed by atoms with E-state index in [9.17, 15) is 19.2 Å².